The van der Waals surface area contributed by atoms with Gasteiger partial charge in [-0.2, -0.15) is 0 Å². The standard InChI is InChI=1S/C23H44O3/c1-4-7-9-11-12-17-21(24)18-14-15-20-23(25)26-22(16-6-3)19-13-10-8-5-2/h22H,4-20H2,1-3H3. The van der Waals surface area contributed by atoms with Gasteiger partial charge in [-0.1, -0.05) is 72.1 Å². The Morgan fingerprint density at radius 1 is 0.615 bits per heavy atom. The third kappa shape index (κ3) is 16.6. The zero-order valence-electron chi connectivity index (χ0n) is 17.8. The number of ether oxygens (including phenoxy) is 1. The summed E-state index contributed by atoms with van der Waals surface area (Å²) in [5.74, 6) is 0.278. The molecule has 26 heavy (non-hydrogen) atoms. The minimum absolute atomic E-state index is 0.0778. The fourth-order valence-electron chi connectivity index (χ4n) is 3.27. The lowest BCUT2D eigenvalue weighted by Crippen LogP contribution is -2.18. The third-order valence-corrected chi connectivity index (χ3v) is 4.93. The summed E-state index contributed by atoms with van der Waals surface area (Å²) in [5.41, 5.74) is 0. The summed E-state index contributed by atoms with van der Waals surface area (Å²) in [5, 5.41) is 0. The van der Waals surface area contributed by atoms with E-state index in [1.54, 1.807) is 0 Å². The Morgan fingerprint density at radius 2 is 1.15 bits per heavy atom. The lowest BCUT2D eigenvalue weighted by Gasteiger charge is -2.17. The van der Waals surface area contributed by atoms with E-state index in [-0.39, 0.29) is 12.1 Å². The van der Waals surface area contributed by atoms with Crippen LogP contribution in [0.4, 0.5) is 0 Å². The number of rotatable bonds is 19. The van der Waals surface area contributed by atoms with Crippen molar-refractivity contribution < 1.29 is 14.3 Å². The van der Waals surface area contributed by atoms with Crippen molar-refractivity contribution >= 4 is 11.8 Å². The number of carbonyl (C=O) groups is 2. The molecule has 0 spiro atoms. The average molecular weight is 369 g/mol. The van der Waals surface area contributed by atoms with Crippen molar-refractivity contribution in [2.75, 3.05) is 0 Å². The van der Waals surface area contributed by atoms with Crippen LogP contribution in [0.1, 0.15) is 130 Å². The highest BCUT2D eigenvalue weighted by Gasteiger charge is 2.13. The summed E-state index contributed by atoms with van der Waals surface area (Å²) in [6.07, 6.45) is 17.3. The fourth-order valence-corrected chi connectivity index (χ4v) is 3.27. The molecule has 0 aliphatic heterocycles. The highest BCUT2D eigenvalue weighted by molar-refractivity contribution is 5.78. The quantitative estimate of drug-likeness (QED) is 0.179. The lowest BCUT2D eigenvalue weighted by molar-refractivity contribution is -0.150. The first-order valence-electron chi connectivity index (χ1n) is 11.3. The van der Waals surface area contributed by atoms with Crippen LogP contribution in [-0.2, 0) is 14.3 Å². The number of hydrogen-bond donors (Lipinski definition) is 0. The van der Waals surface area contributed by atoms with Gasteiger partial charge in [0.25, 0.3) is 0 Å². The van der Waals surface area contributed by atoms with Crippen molar-refractivity contribution in [3.63, 3.8) is 0 Å². The molecule has 0 amide bonds. The highest BCUT2D eigenvalue weighted by Crippen LogP contribution is 2.15. The van der Waals surface area contributed by atoms with Crippen molar-refractivity contribution in [2.45, 2.75) is 136 Å². The summed E-state index contributed by atoms with van der Waals surface area (Å²) < 4.78 is 5.66. The first-order chi connectivity index (χ1) is 12.6. The monoisotopic (exact) mass is 368 g/mol. The van der Waals surface area contributed by atoms with Crippen LogP contribution in [-0.4, -0.2) is 17.9 Å². The molecule has 0 aromatic rings. The van der Waals surface area contributed by atoms with E-state index in [2.05, 4.69) is 20.8 Å². The lowest BCUT2D eigenvalue weighted by atomic mass is 10.0. The van der Waals surface area contributed by atoms with E-state index < -0.39 is 0 Å². The number of unbranched alkanes of at least 4 members (excludes halogenated alkanes) is 8. The Hall–Kier alpha value is -0.860. The van der Waals surface area contributed by atoms with Crippen LogP contribution in [0.2, 0.25) is 0 Å². The van der Waals surface area contributed by atoms with Crippen LogP contribution in [0, 0.1) is 0 Å². The molecule has 0 aromatic heterocycles. The Morgan fingerprint density at radius 3 is 1.77 bits per heavy atom. The van der Waals surface area contributed by atoms with Crippen LogP contribution >= 0.6 is 0 Å². The molecule has 0 aromatic carbocycles. The van der Waals surface area contributed by atoms with Gasteiger partial charge in [-0.15, -0.1) is 0 Å². The van der Waals surface area contributed by atoms with Crippen LogP contribution in [0.3, 0.4) is 0 Å². The molecule has 0 saturated heterocycles. The SMILES string of the molecule is CCCCCCCC(=O)CCCCC(=O)OC(CCC)CCCCCC. The smallest absolute Gasteiger partial charge is 0.306 e. The number of esters is 1. The second-order valence-electron chi connectivity index (χ2n) is 7.66. The van der Waals surface area contributed by atoms with Crippen molar-refractivity contribution in [1.29, 1.82) is 0 Å². The van der Waals surface area contributed by atoms with Gasteiger partial charge in [-0.05, 0) is 38.5 Å². The molecular formula is C23H44O3. The van der Waals surface area contributed by atoms with Gasteiger partial charge in [0.05, 0.1) is 0 Å². The number of Topliss-reactive ketones (excluding diaryl/α,β-unsaturated/α-hetero) is 1. The topological polar surface area (TPSA) is 43.4 Å². The zero-order chi connectivity index (χ0) is 19.5. The van der Waals surface area contributed by atoms with E-state index in [0.29, 0.717) is 25.0 Å². The Bertz CT molecular complexity index is 338. The van der Waals surface area contributed by atoms with E-state index in [1.807, 2.05) is 0 Å². The van der Waals surface area contributed by atoms with E-state index in [9.17, 15) is 9.59 Å². The van der Waals surface area contributed by atoms with Crippen LogP contribution < -0.4 is 0 Å². The molecule has 0 bridgehead atoms. The molecule has 3 nitrogen and oxygen atoms in total. The fraction of sp³-hybridized carbons (Fsp3) is 0.913. The minimum Gasteiger partial charge on any atom is -0.462 e. The van der Waals surface area contributed by atoms with Gasteiger partial charge < -0.3 is 4.74 Å². The molecule has 0 saturated carbocycles. The van der Waals surface area contributed by atoms with Gasteiger partial charge in [0.15, 0.2) is 0 Å². The van der Waals surface area contributed by atoms with E-state index in [0.717, 1.165) is 44.9 Å². The summed E-state index contributed by atoms with van der Waals surface area (Å²) >= 11 is 0. The van der Waals surface area contributed by atoms with Gasteiger partial charge in [-0.3, -0.25) is 9.59 Å². The Balaban J connectivity index is 3.72. The Labute approximate surface area is 162 Å². The van der Waals surface area contributed by atoms with Gasteiger partial charge in [0.2, 0.25) is 0 Å². The number of ketones is 1. The van der Waals surface area contributed by atoms with Gasteiger partial charge in [-0.25, -0.2) is 0 Å². The third-order valence-electron chi connectivity index (χ3n) is 4.93. The van der Waals surface area contributed by atoms with Gasteiger partial charge >= 0.3 is 5.97 Å². The summed E-state index contributed by atoms with van der Waals surface area (Å²) in [6, 6.07) is 0. The first-order valence-corrected chi connectivity index (χ1v) is 11.3. The number of hydrogen-bond acceptors (Lipinski definition) is 3. The molecule has 0 rings (SSSR count). The molecule has 0 aliphatic rings. The molecule has 0 radical (unpaired) electrons. The highest BCUT2D eigenvalue weighted by atomic mass is 16.5. The minimum atomic E-state index is -0.0778. The first kappa shape index (κ1) is 25.1. The second-order valence-corrected chi connectivity index (χ2v) is 7.66. The van der Waals surface area contributed by atoms with Gasteiger partial charge in [0, 0.05) is 19.3 Å². The van der Waals surface area contributed by atoms with E-state index in [1.165, 1.54) is 44.9 Å². The van der Waals surface area contributed by atoms with Crippen molar-refractivity contribution in [3.05, 3.63) is 0 Å². The van der Waals surface area contributed by atoms with Gasteiger partial charge in [0.1, 0.15) is 11.9 Å². The molecule has 1 unspecified atom stereocenters. The second kappa shape index (κ2) is 18.9. The maximum atomic E-state index is 12.0. The van der Waals surface area contributed by atoms with Crippen LogP contribution in [0.15, 0.2) is 0 Å². The largest absolute Gasteiger partial charge is 0.462 e. The molecule has 0 aliphatic carbocycles. The van der Waals surface area contributed by atoms with Crippen molar-refractivity contribution in [1.82, 2.24) is 0 Å². The van der Waals surface area contributed by atoms with Crippen molar-refractivity contribution in [3.8, 4) is 0 Å². The van der Waals surface area contributed by atoms with E-state index >= 15 is 0 Å². The molecule has 154 valence electrons. The maximum absolute atomic E-state index is 12.0. The van der Waals surface area contributed by atoms with Crippen LogP contribution in [0.5, 0.6) is 0 Å². The summed E-state index contributed by atoms with van der Waals surface area (Å²) in [4.78, 5) is 23.9. The molecule has 0 heterocycles. The summed E-state index contributed by atoms with van der Waals surface area (Å²) in [7, 11) is 0. The molecular weight excluding hydrogens is 324 g/mol. The normalized spacial score (nSPS) is 12.1. The average Bonchev–Trinajstić information content (AvgIpc) is 2.62. The predicted molar refractivity (Wildman–Crippen MR) is 110 cm³/mol. The number of carbonyl (C=O) groups excluding carboxylic acids is 2. The maximum Gasteiger partial charge on any atom is 0.306 e. The zero-order valence-corrected chi connectivity index (χ0v) is 17.8. The van der Waals surface area contributed by atoms with E-state index in [4.69, 9.17) is 4.74 Å². The predicted octanol–water partition coefficient (Wildman–Crippen LogP) is 7.16. The molecule has 3 heteroatoms. The molecule has 1 atom stereocenters. The Kier molecular flexibility index (Phi) is 18.3. The van der Waals surface area contributed by atoms with Crippen LogP contribution in [0.25, 0.3) is 0 Å². The summed E-state index contributed by atoms with van der Waals surface area (Å²) in [6.45, 7) is 6.55. The molecule has 0 N–H and O–H groups in total. The molecule has 0 fully saturated rings. The van der Waals surface area contributed by atoms with Crippen molar-refractivity contribution in [2.24, 2.45) is 0 Å².